The molecule has 0 N–H and O–H groups in total. The number of ether oxygens (including phenoxy) is 4. The third-order valence-electron chi connectivity index (χ3n) is 6.05. The molecule has 0 saturated heterocycles. The van der Waals surface area contributed by atoms with Gasteiger partial charge in [-0.2, -0.15) is 0 Å². The van der Waals surface area contributed by atoms with Gasteiger partial charge >= 0.3 is 0 Å². The molecule has 0 fully saturated rings. The first-order chi connectivity index (χ1) is 19.0. The Morgan fingerprint density at radius 1 is 0.769 bits per heavy atom. The second kappa shape index (κ2) is 18.6. The average Bonchev–Trinajstić information content (AvgIpc) is 2.94. The minimum Gasteiger partial charge on any atom is -0.493 e. The molecular weight excluding hydrogens is 563 g/mol. The molecule has 0 unspecified atom stereocenters. The number of rotatable bonds is 20. The van der Waals surface area contributed by atoms with E-state index in [1.807, 2.05) is 18.2 Å². The predicted octanol–water partition coefficient (Wildman–Crippen LogP) is 9.92. The monoisotopic (exact) mass is 606 g/mol. The maximum absolute atomic E-state index is 15.5. The van der Waals surface area contributed by atoms with E-state index in [2.05, 4.69) is 50.5 Å². The van der Waals surface area contributed by atoms with E-state index in [4.69, 9.17) is 22.8 Å². The van der Waals surface area contributed by atoms with E-state index < -0.39 is 5.82 Å². The second-order valence-corrected chi connectivity index (χ2v) is 9.67. The van der Waals surface area contributed by atoms with Crippen molar-refractivity contribution in [3.05, 3.63) is 59.6 Å². The quantitative estimate of drug-likeness (QED) is 0.0852. The van der Waals surface area contributed by atoms with Crippen molar-refractivity contribution in [2.75, 3.05) is 26.4 Å². The van der Waals surface area contributed by atoms with E-state index in [1.165, 1.54) is 6.07 Å². The minimum atomic E-state index is -0.438. The van der Waals surface area contributed by atoms with Gasteiger partial charge in [0, 0.05) is 17.7 Å². The summed E-state index contributed by atoms with van der Waals surface area (Å²) >= 11 is 3.06. The van der Waals surface area contributed by atoms with Gasteiger partial charge in [0.1, 0.15) is 23.1 Å². The van der Waals surface area contributed by atoms with E-state index in [0.717, 1.165) is 56.9 Å². The van der Waals surface area contributed by atoms with Gasteiger partial charge in [0.25, 0.3) is 0 Å². The SMILES string of the molecule is C=C(/C(=C\c1c(F)cc(OCCCC)cc1OCCCC)OCCCC)c1ccc(OBr)c(OCCCC)c1. The van der Waals surface area contributed by atoms with Crippen molar-refractivity contribution in [3.63, 3.8) is 0 Å². The molecule has 2 rings (SSSR count). The Hall–Kier alpha value is -2.67. The molecule has 0 atom stereocenters. The van der Waals surface area contributed by atoms with Crippen molar-refractivity contribution in [2.45, 2.75) is 79.1 Å². The lowest BCUT2D eigenvalue weighted by Crippen LogP contribution is -2.04. The van der Waals surface area contributed by atoms with E-state index in [-0.39, 0.29) is 0 Å². The summed E-state index contributed by atoms with van der Waals surface area (Å²) < 4.78 is 44.8. The van der Waals surface area contributed by atoms with Crippen LogP contribution in [0.25, 0.3) is 11.6 Å². The largest absolute Gasteiger partial charge is 0.493 e. The van der Waals surface area contributed by atoms with Crippen LogP contribution in [0, 0.1) is 5.82 Å². The topological polar surface area (TPSA) is 46.2 Å². The molecular formula is C32H44BrFO5. The molecule has 0 bridgehead atoms. The highest BCUT2D eigenvalue weighted by molar-refractivity contribution is 9.06. The van der Waals surface area contributed by atoms with Crippen LogP contribution in [-0.2, 0) is 4.74 Å². The summed E-state index contributed by atoms with van der Waals surface area (Å²) in [5, 5.41) is 0. The summed E-state index contributed by atoms with van der Waals surface area (Å²) in [6, 6.07) is 8.72. The van der Waals surface area contributed by atoms with Crippen LogP contribution in [0.2, 0.25) is 0 Å². The molecule has 7 heteroatoms. The summed E-state index contributed by atoms with van der Waals surface area (Å²) in [5.41, 5.74) is 1.70. The first-order valence-electron chi connectivity index (χ1n) is 14.2. The zero-order valence-corrected chi connectivity index (χ0v) is 25.5. The van der Waals surface area contributed by atoms with Gasteiger partial charge in [0.15, 0.2) is 27.8 Å². The van der Waals surface area contributed by atoms with Crippen LogP contribution in [0.5, 0.6) is 23.0 Å². The van der Waals surface area contributed by atoms with Crippen molar-refractivity contribution in [2.24, 2.45) is 0 Å². The van der Waals surface area contributed by atoms with Crippen molar-refractivity contribution in [1.29, 1.82) is 0 Å². The molecule has 0 aliphatic rings. The van der Waals surface area contributed by atoms with Gasteiger partial charge in [-0.05, 0) is 49.5 Å². The van der Waals surface area contributed by atoms with E-state index in [1.54, 1.807) is 12.1 Å². The van der Waals surface area contributed by atoms with Crippen LogP contribution in [0.15, 0.2) is 42.7 Å². The lowest BCUT2D eigenvalue weighted by molar-refractivity contribution is 0.225. The van der Waals surface area contributed by atoms with Gasteiger partial charge in [-0.3, -0.25) is 0 Å². The zero-order valence-electron chi connectivity index (χ0n) is 24.0. The highest BCUT2D eigenvalue weighted by Gasteiger charge is 2.17. The smallest absolute Gasteiger partial charge is 0.179 e. The summed E-state index contributed by atoms with van der Waals surface area (Å²) in [6.07, 6.45) is 9.18. The molecule has 216 valence electrons. The van der Waals surface area contributed by atoms with Gasteiger partial charge in [-0.1, -0.05) is 66.0 Å². The van der Waals surface area contributed by atoms with E-state index in [9.17, 15) is 0 Å². The Balaban J connectivity index is 2.50. The Labute approximate surface area is 242 Å². The minimum absolute atomic E-state index is 0.307. The summed E-state index contributed by atoms with van der Waals surface area (Å²) in [5.74, 6) is 2.06. The number of unbranched alkanes of at least 4 members (excludes halogenated alkanes) is 4. The number of halogens is 2. The predicted molar refractivity (Wildman–Crippen MR) is 161 cm³/mol. The molecule has 0 spiro atoms. The van der Waals surface area contributed by atoms with Gasteiger partial charge in [-0.15, -0.1) is 0 Å². The molecule has 0 aliphatic carbocycles. The molecule has 0 radical (unpaired) electrons. The van der Waals surface area contributed by atoms with Crippen LogP contribution >= 0.6 is 16.3 Å². The molecule has 0 aromatic heterocycles. The van der Waals surface area contributed by atoms with Crippen molar-refractivity contribution in [3.8, 4) is 23.0 Å². The van der Waals surface area contributed by atoms with E-state index in [0.29, 0.717) is 66.3 Å². The van der Waals surface area contributed by atoms with Crippen molar-refractivity contribution in [1.82, 2.24) is 0 Å². The van der Waals surface area contributed by atoms with Crippen LogP contribution < -0.4 is 18.0 Å². The Bertz CT molecular complexity index is 1050. The number of hydrogen-bond acceptors (Lipinski definition) is 5. The van der Waals surface area contributed by atoms with E-state index >= 15 is 4.39 Å². The van der Waals surface area contributed by atoms with Crippen molar-refractivity contribution >= 4 is 27.9 Å². The van der Waals surface area contributed by atoms with Crippen LogP contribution in [0.3, 0.4) is 0 Å². The maximum atomic E-state index is 15.5. The second-order valence-electron chi connectivity index (χ2n) is 9.35. The molecule has 39 heavy (non-hydrogen) atoms. The average molecular weight is 608 g/mol. The fourth-order valence-corrected chi connectivity index (χ4v) is 3.85. The molecule has 0 saturated carbocycles. The van der Waals surface area contributed by atoms with Crippen LogP contribution in [-0.4, -0.2) is 26.4 Å². The highest BCUT2D eigenvalue weighted by atomic mass is 79.9. The van der Waals surface area contributed by atoms with Gasteiger partial charge in [0.05, 0.1) is 32.0 Å². The van der Waals surface area contributed by atoms with Gasteiger partial charge in [0.2, 0.25) is 0 Å². The standard InChI is InChI=1S/C32H44BrFO5/c1-6-10-16-35-26-21-28(34)27(31(22-26)37-18-12-8-3)23-30(36-17-11-7-2)24(5)25-14-15-29(39-33)32(20-25)38-19-13-9-4/h14-15,20-23H,5-13,16-19H2,1-4H3/b30-23+. The van der Waals surface area contributed by atoms with Crippen LogP contribution in [0.1, 0.15) is 90.2 Å². The Morgan fingerprint density at radius 2 is 1.36 bits per heavy atom. The third-order valence-corrected chi connectivity index (χ3v) is 6.40. The fourth-order valence-electron chi connectivity index (χ4n) is 3.59. The first-order valence-corrected chi connectivity index (χ1v) is 14.8. The molecule has 0 amide bonds. The summed E-state index contributed by atoms with van der Waals surface area (Å²) in [4.78, 5) is 0. The fraction of sp³-hybridized carbons (Fsp3) is 0.500. The summed E-state index contributed by atoms with van der Waals surface area (Å²) in [7, 11) is 0. The lowest BCUT2D eigenvalue weighted by Gasteiger charge is -2.18. The van der Waals surface area contributed by atoms with Crippen molar-refractivity contribution < 1.29 is 27.2 Å². The van der Waals surface area contributed by atoms with Gasteiger partial charge in [-0.25, -0.2) is 4.39 Å². The molecule has 0 aliphatic heterocycles. The normalized spacial score (nSPS) is 11.3. The van der Waals surface area contributed by atoms with Crippen LogP contribution in [0.4, 0.5) is 4.39 Å². The molecule has 2 aromatic rings. The zero-order chi connectivity index (χ0) is 28.5. The molecule has 2 aromatic carbocycles. The summed E-state index contributed by atoms with van der Waals surface area (Å²) in [6.45, 7) is 14.7. The number of hydrogen-bond donors (Lipinski definition) is 0. The maximum Gasteiger partial charge on any atom is 0.179 e. The third kappa shape index (κ3) is 10.8. The lowest BCUT2D eigenvalue weighted by atomic mass is 10.0. The number of benzene rings is 2. The number of allylic oxidation sites excluding steroid dienone is 1. The Morgan fingerprint density at radius 3 is 1.97 bits per heavy atom. The first kappa shape index (κ1) is 32.5. The van der Waals surface area contributed by atoms with Gasteiger partial charge < -0.3 is 22.8 Å². The molecule has 5 nitrogen and oxygen atoms in total. The molecule has 0 heterocycles. The Kier molecular flexibility index (Phi) is 15.5. The highest BCUT2D eigenvalue weighted by Crippen LogP contribution is 2.36.